The molecule has 0 aliphatic rings. The van der Waals surface area contributed by atoms with E-state index >= 15 is 0 Å². The van der Waals surface area contributed by atoms with Crippen molar-refractivity contribution >= 4 is 5.97 Å². The number of carbonyl (C=O) groups excluding carboxylic acids is 1. The highest BCUT2D eigenvalue weighted by atomic mass is 19.3. The van der Waals surface area contributed by atoms with E-state index in [4.69, 9.17) is 10.8 Å². The second-order valence-corrected chi connectivity index (χ2v) is 2.65. The van der Waals surface area contributed by atoms with Gasteiger partial charge in [-0.25, -0.2) is 4.79 Å². The van der Waals surface area contributed by atoms with Gasteiger partial charge in [-0.2, -0.15) is 8.78 Å². The van der Waals surface area contributed by atoms with Crippen LogP contribution in [0.25, 0.3) is 0 Å². The summed E-state index contributed by atoms with van der Waals surface area (Å²) in [6.45, 7) is 2.41. The van der Waals surface area contributed by atoms with Gasteiger partial charge < -0.3 is 15.6 Å². The fourth-order valence-corrected chi connectivity index (χ4v) is 0.678. The first-order valence-electron chi connectivity index (χ1n) is 3.82. The summed E-state index contributed by atoms with van der Waals surface area (Å²) in [5.41, 5.74) is 5.02. The molecule has 0 aromatic rings. The number of hydrogen-bond donors (Lipinski definition) is 2. The molecule has 0 aliphatic heterocycles. The van der Waals surface area contributed by atoms with Gasteiger partial charge in [-0.15, -0.1) is 0 Å². The van der Waals surface area contributed by atoms with Gasteiger partial charge in [0, 0.05) is 6.04 Å². The lowest BCUT2D eigenvalue weighted by molar-refractivity contribution is -0.189. The van der Waals surface area contributed by atoms with Gasteiger partial charge in [-0.1, -0.05) is 0 Å². The van der Waals surface area contributed by atoms with Gasteiger partial charge in [0.05, 0.1) is 6.61 Å². The van der Waals surface area contributed by atoms with Gasteiger partial charge in [0.25, 0.3) is 0 Å². The Morgan fingerprint density at radius 3 is 2.46 bits per heavy atom. The Labute approximate surface area is 74.7 Å². The zero-order chi connectivity index (χ0) is 10.6. The Kier molecular flexibility index (Phi) is 4.22. The average Bonchev–Trinajstić information content (AvgIpc) is 2.03. The number of halogens is 2. The second kappa shape index (κ2) is 4.48. The summed E-state index contributed by atoms with van der Waals surface area (Å²) in [4.78, 5) is 10.6. The van der Waals surface area contributed by atoms with E-state index in [-0.39, 0.29) is 6.61 Å². The topological polar surface area (TPSA) is 72.5 Å². The molecule has 0 fully saturated rings. The Morgan fingerprint density at radius 1 is 1.69 bits per heavy atom. The van der Waals surface area contributed by atoms with Crippen molar-refractivity contribution in [2.24, 2.45) is 5.73 Å². The first-order valence-corrected chi connectivity index (χ1v) is 3.82. The van der Waals surface area contributed by atoms with Crippen LogP contribution in [0.3, 0.4) is 0 Å². The van der Waals surface area contributed by atoms with Crippen LogP contribution in [0.15, 0.2) is 0 Å². The summed E-state index contributed by atoms with van der Waals surface area (Å²) in [7, 11) is 0. The van der Waals surface area contributed by atoms with E-state index in [1.165, 1.54) is 13.8 Å². The molecule has 6 heteroatoms. The molecule has 0 heterocycles. The molecule has 0 aromatic carbocycles. The van der Waals surface area contributed by atoms with Gasteiger partial charge in [-0.3, -0.25) is 0 Å². The number of aliphatic hydroxyl groups excluding tert-OH is 1. The molecule has 0 aliphatic carbocycles. The van der Waals surface area contributed by atoms with E-state index in [1.54, 1.807) is 0 Å². The van der Waals surface area contributed by atoms with Gasteiger partial charge in [0.2, 0.25) is 0 Å². The number of nitrogens with two attached hydrogens (primary N) is 1. The predicted octanol–water partition coefficient (Wildman–Crippen LogP) is -0.107. The molecule has 0 saturated carbocycles. The van der Waals surface area contributed by atoms with Crippen molar-refractivity contribution in [3.63, 3.8) is 0 Å². The molecule has 0 rings (SSSR count). The maximum Gasteiger partial charge on any atom is 0.379 e. The largest absolute Gasteiger partial charge is 0.461 e. The monoisotopic (exact) mass is 197 g/mol. The summed E-state index contributed by atoms with van der Waals surface area (Å²) >= 11 is 0. The molecule has 3 N–H and O–H groups in total. The van der Waals surface area contributed by atoms with Crippen molar-refractivity contribution in [2.45, 2.75) is 31.9 Å². The molecular weight excluding hydrogens is 184 g/mol. The van der Waals surface area contributed by atoms with Gasteiger partial charge in [0.1, 0.15) is 6.10 Å². The molecule has 4 nitrogen and oxygen atoms in total. The first-order chi connectivity index (χ1) is 5.84. The van der Waals surface area contributed by atoms with E-state index in [0.717, 1.165) is 0 Å². The van der Waals surface area contributed by atoms with Gasteiger partial charge >= 0.3 is 11.9 Å². The average molecular weight is 197 g/mol. The molecule has 0 aromatic heterocycles. The SMILES string of the molecule is CCOC(=O)C(F)(F)C(O)C(C)N. The fourth-order valence-electron chi connectivity index (χ4n) is 0.678. The van der Waals surface area contributed by atoms with Crippen molar-refractivity contribution in [2.75, 3.05) is 6.61 Å². The number of aliphatic hydroxyl groups is 1. The Balaban J connectivity index is 4.45. The predicted molar refractivity (Wildman–Crippen MR) is 41.2 cm³/mol. The summed E-state index contributed by atoms with van der Waals surface area (Å²) in [6, 6.07) is -1.19. The highest BCUT2D eigenvalue weighted by molar-refractivity contribution is 5.78. The van der Waals surface area contributed by atoms with Crippen LogP contribution in [0.5, 0.6) is 0 Å². The highest BCUT2D eigenvalue weighted by Crippen LogP contribution is 2.22. The van der Waals surface area contributed by atoms with Crippen molar-refractivity contribution in [1.29, 1.82) is 0 Å². The van der Waals surface area contributed by atoms with E-state index in [1.807, 2.05) is 0 Å². The minimum Gasteiger partial charge on any atom is -0.461 e. The number of ether oxygens (including phenoxy) is 1. The van der Waals surface area contributed by atoms with Gasteiger partial charge in [0.15, 0.2) is 0 Å². The van der Waals surface area contributed by atoms with E-state index in [2.05, 4.69) is 4.74 Å². The molecule has 0 amide bonds. The molecule has 0 bridgehead atoms. The van der Waals surface area contributed by atoms with Crippen molar-refractivity contribution in [3.05, 3.63) is 0 Å². The lowest BCUT2D eigenvalue weighted by atomic mass is 10.1. The molecule has 0 saturated heterocycles. The van der Waals surface area contributed by atoms with Crippen molar-refractivity contribution in [1.82, 2.24) is 0 Å². The fraction of sp³-hybridized carbons (Fsp3) is 0.857. The Morgan fingerprint density at radius 2 is 2.15 bits per heavy atom. The molecule has 2 unspecified atom stereocenters. The van der Waals surface area contributed by atoms with E-state index in [0.29, 0.717) is 0 Å². The van der Waals surface area contributed by atoms with Crippen LogP contribution in [0.4, 0.5) is 8.78 Å². The number of alkyl halides is 2. The zero-order valence-corrected chi connectivity index (χ0v) is 7.46. The molecule has 78 valence electrons. The van der Waals surface area contributed by atoms with Crippen molar-refractivity contribution in [3.8, 4) is 0 Å². The lowest BCUT2D eigenvalue weighted by Gasteiger charge is -2.22. The molecular formula is C7H13F2NO3. The van der Waals surface area contributed by atoms with Crippen LogP contribution in [0.2, 0.25) is 0 Å². The first kappa shape index (κ1) is 12.2. The summed E-state index contributed by atoms with van der Waals surface area (Å²) in [5.74, 6) is -5.69. The third-order valence-corrected chi connectivity index (χ3v) is 1.42. The normalized spacial score (nSPS) is 16.5. The minimum absolute atomic E-state index is 0.167. The molecule has 2 atom stereocenters. The molecule has 0 spiro atoms. The number of carbonyl (C=O) groups is 1. The quantitative estimate of drug-likeness (QED) is 0.617. The van der Waals surface area contributed by atoms with Gasteiger partial charge in [-0.05, 0) is 13.8 Å². The van der Waals surface area contributed by atoms with Crippen LogP contribution in [-0.4, -0.2) is 35.8 Å². The smallest absolute Gasteiger partial charge is 0.379 e. The third kappa shape index (κ3) is 2.89. The van der Waals surface area contributed by atoms with Crippen LogP contribution in [-0.2, 0) is 9.53 Å². The summed E-state index contributed by atoms with van der Waals surface area (Å²) < 4.78 is 29.8. The maximum atomic E-state index is 12.8. The minimum atomic E-state index is -3.94. The standard InChI is InChI=1S/C7H13F2NO3/c1-3-13-6(12)7(8,9)5(11)4(2)10/h4-5,11H,3,10H2,1-2H3. The Bertz CT molecular complexity index is 185. The third-order valence-electron chi connectivity index (χ3n) is 1.42. The summed E-state index contributed by atoms with van der Waals surface area (Å²) in [6.07, 6.45) is -2.22. The lowest BCUT2D eigenvalue weighted by Crippen LogP contribution is -2.51. The van der Waals surface area contributed by atoms with Crippen LogP contribution in [0, 0.1) is 0 Å². The van der Waals surface area contributed by atoms with Crippen molar-refractivity contribution < 1.29 is 23.4 Å². The van der Waals surface area contributed by atoms with Crippen LogP contribution in [0.1, 0.15) is 13.8 Å². The Hall–Kier alpha value is -0.750. The van der Waals surface area contributed by atoms with Crippen LogP contribution >= 0.6 is 0 Å². The number of rotatable bonds is 4. The maximum absolute atomic E-state index is 12.8. The summed E-state index contributed by atoms with van der Waals surface area (Å²) in [5, 5.41) is 8.88. The number of hydrogen-bond acceptors (Lipinski definition) is 4. The van der Waals surface area contributed by atoms with E-state index < -0.39 is 24.0 Å². The second-order valence-electron chi connectivity index (χ2n) is 2.65. The number of esters is 1. The molecule has 0 radical (unpaired) electrons. The van der Waals surface area contributed by atoms with E-state index in [9.17, 15) is 13.6 Å². The molecule has 13 heavy (non-hydrogen) atoms. The highest BCUT2D eigenvalue weighted by Gasteiger charge is 2.49. The van der Waals surface area contributed by atoms with Crippen LogP contribution < -0.4 is 5.73 Å². The zero-order valence-electron chi connectivity index (χ0n) is 7.46.